The lowest BCUT2D eigenvalue weighted by atomic mass is 10.4. The molecule has 0 bridgehead atoms. The Kier molecular flexibility index (Phi) is 6.15. The van der Waals surface area contributed by atoms with Crippen molar-refractivity contribution >= 4 is 0 Å². The summed E-state index contributed by atoms with van der Waals surface area (Å²) in [5.74, 6) is 0. The minimum absolute atomic E-state index is 0.346. The Morgan fingerprint density at radius 1 is 1.36 bits per heavy atom. The third-order valence-corrected chi connectivity index (χ3v) is 2.69. The maximum Gasteiger partial charge on any atom is 0.0671 e. The van der Waals surface area contributed by atoms with Gasteiger partial charge in [-0.3, -0.25) is 0 Å². The standard InChI is InChI=1S/C11H24N2O/c1-3-14-11(2)10-12-6-9-13-7-4-5-8-13/h11-12H,3-10H2,1-2H3. The van der Waals surface area contributed by atoms with Gasteiger partial charge in [-0.15, -0.1) is 0 Å². The van der Waals surface area contributed by atoms with Crippen molar-refractivity contribution in [1.82, 2.24) is 10.2 Å². The van der Waals surface area contributed by atoms with E-state index < -0.39 is 0 Å². The molecule has 1 N–H and O–H groups in total. The summed E-state index contributed by atoms with van der Waals surface area (Å²) in [7, 11) is 0. The van der Waals surface area contributed by atoms with Crippen LogP contribution < -0.4 is 5.32 Å². The van der Waals surface area contributed by atoms with Gasteiger partial charge in [-0.2, -0.15) is 0 Å². The fourth-order valence-corrected chi connectivity index (χ4v) is 1.89. The van der Waals surface area contributed by atoms with Gasteiger partial charge in [0.2, 0.25) is 0 Å². The highest BCUT2D eigenvalue weighted by Crippen LogP contribution is 2.05. The molecular formula is C11H24N2O. The number of rotatable bonds is 7. The lowest BCUT2D eigenvalue weighted by molar-refractivity contribution is 0.0758. The van der Waals surface area contributed by atoms with Crippen LogP contribution in [0.5, 0.6) is 0 Å². The highest BCUT2D eigenvalue weighted by molar-refractivity contribution is 4.67. The van der Waals surface area contributed by atoms with Crippen molar-refractivity contribution < 1.29 is 4.74 Å². The number of hydrogen-bond donors (Lipinski definition) is 1. The van der Waals surface area contributed by atoms with Gasteiger partial charge in [0.25, 0.3) is 0 Å². The van der Waals surface area contributed by atoms with Crippen molar-refractivity contribution in [2.24, 2.45) is 0 Å². The zero-order chi connectivity index (χ0) is 10.2. The molecule has 0 saturated carbocycles. The van der Waals surface area contributed by atoms with E-state index in [1.807, 2.05) is 6.92 Å². The molecule has 84 valence electrons. The van der Waals surface area contributed by atoms with E-state index in [4.69, 9.17) is 4.74 Å². The number of hydrogen-bond acceptors (Lipinski definition) is 3. The first kappa shape index (κ1) is 12.0. The molecule has 1 atom stereocenters. The van der Waals surface area contributed by atoms with Crippen molar-refractivity contribution in [2.75, 3.05) is 39.3 Å². The Morgan fingerprint density at radius 2 is 2.07 bits per heavy atom. The van der Waals surface area contributed by atoms with Gasteiger partial charge < -0.3 is 15.0 Å². The third-order valence-electron chi connectivity index (χ3n) is 2.69. The van der Waals surface area contributed by atoms with Gasteiger partial charge in [0.1, 0.15) is 0 Å². The molecule has 1 saturated heterocycles. The maximum absolute atomic E-state index is 5.44. The molecule has 3 heteroatoms. The molecule has 0 amide bonds. The summed E-state index contributed by atoms with van der Waals surface area (Å²) in [6.45, 7) is 10.8. The Morgan fingerprint density at radius 3 is 2.71 bits per heavy atom. The summed E-state index contributed by atoms with van der Waals surface area (Å²) in [5.41, 5.74) is 0. The first-order valence-electron chi connectivity index (χ1n) is 5.87. The average molecular weight is 200 g/mol. The number of likely N-dealkylation sites (tertiary alicyclic amines) is 1. The predicted molar refractivity (Wildman–Crippen MR) is 59.6 cm³/mol. The molecule has 14 heavy (non-hydrogen) atoms. The molecule has 3 nitrogen and oxygen atoms in total. The quantitative estimate of drug-likeness (QED) is 0.623. The Balaban J connectivity index is 1.88. The molecule has 1 unspecified atom stereocenters. The van der Waals surface area contributed by atoms with Crippen LogP contribution in [0.4, 0.5) is 0 Å². The van der Waals surface area contributed by atoms with Crippen LogP contribution in [0.25, 0.3) is 0 Å². The van der Waals surface area contributed by atoms with E-state index >= 15 is 0 Å². The zero-order valence-electron chi connectivity index (χ0n) is 9.59. The van der Waals surface area contributed by atoms with Crippen LogP contribution in [0, 0.1) is 0 Å². The van der Waals surface area contributed by atoms with Gasteiger partial charge in [0.05, 0.1) is 6.10 Å². The third kappa shape index (κ3) is 4.94. The molecule has 1 rings (SSSR count). The van der Waals surface area contributed by atoms with Gasteiger partial charge in [0, 0.05) is 26.2 Å². The summed E-state index contributed by atoms with van der Waals surface area (Å²) >= 11 is 0. The predicted octanol–water partition coefficient (Wildman–Crippen LogP) is 1.10. The first-order valence-corrected chi connectivity index (χ1v) is 5.87. The summed E-state index contributed by atoms with van der Waals surface area (Å²) in [4.78, 5) is 2.53. The zero-order valence-corrected chi connectivity index (χ0v) is 9.59. The molecule has 0 aromatic heterocycles. The van der Waals surface area contributed by atoms with E-state index in [1.54, 1.807) is 0 Å². The fourth-order valence-electron chi connectivity index (χ4n) is 1.89. The van der Waals surface area contributed by atoms with Gasteiger partial charge in [-0.05, 0) is 39.8 Å². The van der Waals surface area contributed by atoms with Gasteiger partial charge >= 0.3 is 0 Å². The Labute approximate surface area is 87.8 Å². The highest BCUT2D eigenvalue weighted by Gasteiger charge is 2.10. The van der Waals surface area contributed by atoms with E-state index in [2.05, 4.69) is 17.1 Å². The molecule has 0 spiro atoms. The van der Waals surface area contributed by atoms with Crippen molar-refractivity contribution in [3.63, 3.8) is 0 Å². The van der Waals surface area contributed by atoms with Gasteiger partial charge in [-0.25, -0.2) is 0 Å². The smallest absolute Gasteiger partial charge is 0.0671 e. The molecule has 0 aliphatic carbocycles. The lowest BCUT2D eigenvalue weighted by Gasteiger charge is -2.16. The molecular weight excluding hydrogens is 176 g/mol. The van der Waals surface area contributed by atoms with Crippen LogP contribution in [0.3, 0.4) is 0 Å². The highest BCUT2D eigenvalue weighted by atomic mass is 16.5. The van der Waals surface area contributed by atoms with Crippen molar-refractivity contribution in [2.45, 2.75) is 32.8 Å². The summed E-state index contributed by atoms with van der Waals surface area (Å²) in [5, 5.41) is 3.43. The van der Waals surface area contributed by atoms with Crippen LogP contribution in [0.15, 0.2) is 0 Å². The first-order chi connectivity index (χ1) is 6.83. The van der Waals surface area contributed by atoms with Crippen LogP contribution in [-0.2, 0) is 4.74 Å². The van der Waals surface area contributed by atoms with Gasteiger partial charge in [-0.1, -0.05) is 0 Å². The number of nitrogens with zero attached hydrogens (tertiary/aromatic N) is 1. The normalized spacial score (nSPS) is 20.1. The summed E-state index contributed by atoms with van der Waals surface area (Å²) in [6, 6.07) is 0. The van der Waals surface area contributed by atoms with Crippen LogP contribution in [0.2, 0.25) is 0 Å². The van der Waals surface area contributed by atoms with Crippen LogP contribution in [-0.4, -0.2) is 50.3 Å². The van der Waals surface area contributed by atoms with E-state index in [0.717, 1.165) is 19.7 Å². The SMILES string of the molecule is CCOC(C)CNCCN1CCCC1. The summed E-state index contributed by atoms with van der Waals surface area (Å²) < 4.78 is 5.44. The van der Waals surface area contributed by atoms with Crippen molar-refractivity contribution in [3.8, 4) is 0 Å². The van der Waals surface area contributed by atoms with E-state index in [-0.39, 0.29) is 0 Å². The minimum Gasteiger partial charge on any atom is -0.377 e. The monoisotopic (exact) mass is 200 g/mol. The van der Waals surface area contributed by atoms with E-state index in [0.29, 0.717) is 6.10 Å². The number of nitrogens with one attached hydrogen (secondary N) is 1. The lowest BCUT2D eigenvalue weighted by Crippen LogP contribution is -2.34. The second-order valence-corrected chi connectivity index (χ2v) is 4.02. The maximum atomic E-state index is 5.44. The fraction of sp³-hybridized carbons (Fsp3) is 1.00. The summed E-state index contributed by atoms with van der Waals surface area (Å²) in [6.07, 6.45) is 3.11. The van der Waals surface area contributed by atoms with Crippen LogP contribution in [0.1, 0.15) is 26.7 Å². The molecule has 1 fully saturated rings. The number of ether oxygens (including phenoxy) is 1. The molecule has 0 aromatic carbocycles. The molecule has 1 aliphatic rings. The minimum atomic E-state index is 0.346. The second kappa shape index (κ2) is 7.21. The van der Waals surface area contributed by atoms with E-state index in [1.165, 1.54) is 32.5 Å². The van der Waals surface area contributed by atoms with Crippen molar-refractivity contribution in [3.05, 3.63) is 0 Å². The van der Waals surface area contributed by atoms with Crippen LogP contribution >= 0.6 is 0 Å². The van der Waals surface area contributed by atoms with E-state index in [9.17, 15) is 0 Å². The van der Waals surface area contributed by atoms with Crippen molar-refractivity contribution in [1.29, 1.82) is 0 Å². The van der Waals surface area contributed by atoms with Gasteiger partial charge in [0.15, 0.2) is 0 Å². The molecule has 1 heterocycles. The average Bonchev–Trinajstić information content (AvgIpc) is 2.65. The molecule has 1 aliphatic heterocycles. The largest absolute Gasteiger partial charge is 0.377 e. The topological polar surface area (TPSA) is 24.5 Å². The Bertz CT molecular complexity index is 135. The molecule has 0 aromatic rings. The second-order valence-electron chi connectivity index (χ2n) is 4.02. The molecule has 0 radical (unpaired) electrons. The Hall–Kier alpha value is -0.120.